The maximum absolute atomic E-state index is 10.8. The third-order valence-corrected chi connectivity index (χ3v) is 12.4. The summed E-state index contributed by atoms with van der Waals surface area (Å²) in [6.45, 7) is 14.9. The molecule has 0 amide bonds. The zero-order valence-corrected chi connectivity index (χ0v) is 17.2. The Labute approximate surface area is 130 Å². The first-order chi connectivity index (χ1) is 9.16. The fourth-order valence-corrected chi connectivity index (χ4v) is 8.34. The van der Waals surface area contributed by atoms with Crippen molar-refractivity contribution in [2.24, 2.45) is 0 Å². The molecule has 0 bridgehead atoms. The van der Waals surface area contributed by atoms with Crippen molar-refractivity contribution in [3.05, 3.63) is 12.7 Å². The molecule has 0 spiro atoms. The van der Waals surface area contributed by atoms with E-state index < -0.39 is 16.6 Å². The Hall–Kier alpha value is -0.00247. The summed E-state index contributed by atoms with van der Waals surface area (Å²) in [4.78, 5) is 10.8. The molecule has 0 saturated heterocycles. The molecule has 8 heteroatoms. The molecule has 0 aliphatic rings. The number of hydrogen-bond acceptors (Lipinski definition) is 4. The van der Waals surface area contributed by atoms with Crippen molar-refractivity contribution in [1.82, 2.24) is 0 Å². The Kier molecular flexibility index (Phi) is 9.85. The van der Waals surface area contributed by atoms with Gasteiger partial charge >= 0.3 is 5.97 Å². The van der Waals surface area contributed by atoms with Gasteiger partial charge in [0.2, 0.25) is 19.5 Å². The van der Waals surface area contributed by atoms with E-state index >= 15 is 0 Å². The van der Waals surface area contributed by atoms with Crippen LogP contribution >= 0.6 is 0 Å². The van der Waals surface area contributed by atoms with Crippen molar-refractivity contribution in [2.45, 2.75) is 50.9 Å². The second kappa shape index (κ2) is 9.85. The number of rotatable bonds is 11. The molecule has 114 valence electrons. The molecule has 0 fully saturated rings. The largest absolute Gasteiger partial charge is 0.463 e. The molecule has 0 aliphatic carbocycles. The lowest BCUT2D eigenvalue weighted by atomic mass is 10.5. The van der Waals surface area contributed by atoms with Crippen LogP contribution in [0.2, 0.25) is 44.4 Å². The highest BCUT2D eigenvalue weighted by molar-refractivity contribution is 6.83. The second-order valence-corrected chi connectivity index (χ2v) is 17.9. The van der Waals surface area contributed by atoms with E-state index in [0.717, 1.165) is 18.1 Å². The van der Waals surface area contributed by atoms with Crippen LogP contribution in [0.5, 0.6) is 0 Å². The Bertz CT molecular complexity index is 302. The van der Waals surface area contributed by atoms with E-state index in [4.69, 9.17) is 13.0 Å². The van der Waals surface area contributed by atoms with Gasteiger partial charge in [-0.05, 0) is 50.9 Å². The second-order valence-electron chi connectivity index (χ2n) is 6.02. The van der Waals surface area contributed by atoms with E-state index in [1.165, 1.54) is 6.08 Å². The predicted octanol–water partition coefficient (Wildman–Crippen LogP) is 2.79. The first kappa shape index (κ1) is 20.0. The third kappa shape index (κ3) is 13.0. The zero-order valence-electron chi connectivity index (χ0n) is 13.2. The maximum atomic E-state index is 10.8. The predicted molar refractivity (Wildman–Crippen MR) is 89.9 cm³/mol. The molecular weight excluding hydrogens is 320 g/mol. The van der Waals surface area contributed by atoms with Crippen LogP contribution in [-0.4, -0.2) is 48.7 Å². The lowest BCUT2D eigenvalue weighted by molar-refractivity contribution is -0.137. The third-order valence-electron chi connectivity index (χ3n) is 2.06. The minimum atomic E-state index is -1.59. The van der Waals surface area contributed by atoms with Crippen molar-refractivity contribution in [3.63, 3.8) is 0 Å². The minimum Gasteiger partial charge on any atom is -0.463 e. The summed E-state index contributed by atoms with van der Waals surface area (Å²) in [7, 11) is -1.93. The van der Waals surface area contributed by atoms with Gasteiger partial charge in [-0.25, -0.2) is 4.79 Å². The molecular formula is C12H26O4Si4. The van der Waals surface area contributed by atoms with Crippen molar-refractivity contribution < 1.29 is 17.8 Å². The van der Waals surface area contributed by atoms with Crippen molar-refractivity contribution in [1.29, 1.82) is 0 Å². The van der Waals surface area contributed by atoms with Gasteiger partial charge in [0.25, 0.3) is 0 Å². The van der Waals surface area contributed by atoms with Crippen LogP contribution in [0.3, 0.4) is 0 Å². The van der Waals surface area contributed by atoms with E-state index in [-0.39, 0.29) is 5.97 Å². The molecule has 0 rings (SSSR count). The van der Waals surface area contributed by atoms with Gasteiger partial charge in [-0.15, -0.1) is 0 Å². The summed E-state index contributed by atoms with van der Waals surface area (Å²) in [5.74, 6) is -0.353. The summed E-state index contributed by atoms with van der Waals surface area (Å²) in [6, 6.07) is 0.943. The number of ether oxygens (including phenoxy) is 1. The number of hydrogen-bond donors (Lipinski definition) is 0. The van der Waals surface area contributed by atoms with Gasteiger partial charge in [0.15, 0.2) is 16.6 Å². The van der Waals surface area contributed by atoms with Crippen LogP contribution in [0.1, 0.15) is 6.42 Å². The van der Waals surface area contributed by atoms with Crippen LogP contribution in [0.15, 0.2) is 12.7 Å². The Morgan fingerprint density at radius 2 is 1.80 bits per heavy atom. The molecule has 20 heavy (non-hydrogen) atoms. The Morgan fingerprint density at radius 3 is 2.35 bits per heavy atom. The Balaban J connectivity index is 3.61. The number of carbonyl (C=O) groups excluding carboxylic acids is 1. The Morgan fingerprint density at radius 1 is 1.15 bits per heavy atom. The molecule has 0 heterocycles. The van der Waals surface area contributed by atoms with E-state index in [1.54, 1.807) is 0 Å². The molecule has 0 aromatic heterocycles. The van der Waals surface area contributed by atoms with Crippen LogP contribution in [0, 0.1) is 0 Å². The summed E-state index contributed by atoms with van der Waals surface area (Å²) in [5, 5.41) is 0. The molecule has 0 aromatic rings. The molecule has 0 aromatic carbocycles. The van der Waals surface area contributed by atoms with Gasteiger partial charge in [0.1, 0.15) is 0 Å². The van der Waals surface area contributed by atoms with E-state index in [9.17, 15) is 4.79 Å². The van der Waals surface area contributed by atoms with Crippen LogP contribution < -0.4 is 0 Å². The van der Waals surface area contributed by atoms with Gasteiger partial charge in [-0.2, -0.15) is 0 Å². The van der Waals surface area contributed by atoms with E-state index in [2.05, 4.69) is 39.3 Å². The average molecular weight is 347 g/mol. The quantitative estimate of drug-likeness (QED) is 0.250. The normalized spacial score (nSPS) is 12.2. The SMILES string of the molecule is C=CC(=O)OCCC[Si]O[Si](C)(C)C[Si]O[Si](C)(C)C. The first-order valence-corrected chi connectivity index (χ1v) is 15.5. The zero-order chi connectivity index (χ0) is 15.6. The lowest BCUT2D eigenvalue weighted by Gasteiger charge is -2.24. The molecule has 0 N–H and O–H groups in total. The van der Waals surface area contributed by atoms with Crippen molar-refractivity contribution >= 4 is 42.1 Å². The average Bonchev–Trinajstić information content (AvgIpc) is 2.31. The van der Waals surface area contributed by atoms with Crippen LogP contribution in [-0.2, 0) is 17.8 Å². The molecule has 0 saturated carbocycles. The fourth-order valence-electron chi connectivity index (χ4n) is 1.08. The molecule has 0 aliphatic heterocycles. The molecule has 4 radical (unpaired) electrons. The summed E-state index contributed by atoms with van der Waals surface area (Å²) < 4.78 is 16.8. The summed E-state index contributed by atoms with van der Waals surface area (Å²) >= 11 is 0. The number of esters is 1. The van der Waals surface area contributed by atoms with E-state index in [0.29, 0.717) is 26.1 Å². The monoisotopic (exact) mass is 346 g/mol. The van der Waals surface area contributed by atoms with Gasteiger partial charge < -0.3 is 13.0 Å². The fraction of sp³-hybridized carbons (Fsp3) is 0.750. The highest BCUT2D eigenvalue weighted by atomic mass is 28.4. The minimum absolute atomic E-state index is 0.353. The smallest absolute Gasteiger partial charge is 0.330 e. The highest BCUT2D eigenvalue weighted by Crippen LogP contribution is 2.12. The standard InChI is InChI=1S/C12H26O4Si4/c1-7-12(13)14-9-8-10-17-16-20(5,6)11-18-15-19(2,3)4/h7H,1,8-11H2,2-6H3. The van der Waals surface area contributed by atoms with Crippen LogP contribution in [0.25, 0.3) is 0 Å². The van der Waals surface area contributed by atoms with E-state index in [1.807, 2.05) is 0 Å². The topological polar surface area (TPSA) is 44.8 Å². The first-order valence-electron chi connectivity index (χ1n) is 6.77. The molecule has 0 atom stereocenters. The van der Waals surface area contributed by atoms with Gasteiger partial charge in [-0.1, -0.05) is 6.58 Å². The number of carbonyl (C=O) groups is 1. The maximum Gasteiger partial charge on any atom is 0.330 e. The molecule has 0 unspecified atom stereocenters. The van der Waals surface area contributed by atoms with Crippen molar-refractivity contribution in [2.75, 3.05) is 6.61 Å². The lowest BCUT2D eigenvalue weighted by Crippen LogP contribution is -2.37. The highest BCUT2D eigenvalue weighted by Gasteiger charge is 2.24. The van der Waals surface area contributed by atoms with Crippen LogP contribution in [0.4, 0.5) is 0 Å². The van der Waals surface area contributed by atoms with Gasteiger partial charge in [0, 0.05) is 6.08 Å². The van der Waals surface area contributed by atoms with Crippen molar-refractivity contribution in [3.8, 4) is 0 Å². The summed E-state index contributed by atoms with van der Waals surface area (Å²) in [6.07, 6.45) is 2.03. The van der Waals surface area contributed by atoms with Gasteiger partial charge in [-0.3, -0.25) is 0 Å². The summed E-state index contributed by atoms with van der Waals surface area (Å²) in [5.41, 5.74) is 1.07. The van der Waals surface area contributed by atoms with Gasteiger partial charge in [0.05, 0.1) is 6.61 Å². The molecule has 4 nitrogen and oxygen atoms in total.